The van der Waals surface area contributed by atoms with Crippen molar-refractivity contribution in [2.45, 2.75) is 26.4 Å². The first-order chi connectivity index (χ1) is 11.5. The highest BCUT2D eigenvalue weighted by Gasteiger charge is 2.13. The SMILES string of the molecule is CC(C)n1c(=O)[nH]c2cc(C(=O)NCc3ccccc3F)ccc21. The minimum atomic E-state index is -0.355. The minimum absolute atomic E-state index is 0.0204. The van der Waals surface area contributed by atoms with Gasteiger partial charge >= 0.3 is 5.69 Å². The molecule has 1 heterocycles. The zero-order valence-electron chi connectivity index (χ0n) is 13.5. The van der Waals surface area contributed by atoms with Gasteiger partial charge in [0.05, 0.1) is 11.0 Å². The van der Waals surface area contributed by atoms with E-state index in [1.54, 1.807) is 41.0 Å². The molecule has 0 aliphatic rings. The Labute approximate surface area is 138 Å². The summed E-state index contributed by atoms with van der Waals surface area (Å²) in [6, 6.07) is 11.3. The van der Waals surface area contributed by atoms with E-state index in [0.29, 0.717) is 16.6 Å². The van der Waals surface area contributed by atoms with Crippen LogP contribution in [0.4, 0.5) is 4.39 Å². The van der Waals surface area contributed by atoms with E-state index in [4.69, 9.17) is 0 Å². The molecule has 0 aliphatic carbocycles. The van der Waals surface area contributed by atoms with Gasteiger partial charge in [0.1, 0.15) is 5.82 Å². The highest BCUT2D eigenvalue weighted by atomic mass is 19.1. The number of H-pyrrole nitrogens is 1. The van der Waals surface area contributed by atoms with Gasteiger partial charge in [-0.15, -0.1) is 0 Å². The van der Waals surface area contributed by atoms with Crippen LogP contribution in [0.15, 0.2) is 47.3 Å². The molecule has 0 spiro atoms. The van der Waals surface area contributed by atoms with E-state index in [-0.39, 0.29) is 30.0 Å². The zero-order chi connectivity index (χ0) is 17.3. The maximum absolute atomic E-state index is 13.6. The second kappa shape index (κ2) is 6.31. The first-order valence-electron chi connectivity index (χ1n) is 7.73. The molecule has 0 fully saturated rings. The summed E-state index contributed by atoms with van der Waals surface area (Å²) in [4.78, 5) is 27.0. The summed E-state index contributed by atoms with van der Waals surface area (Å²) in [5, 5.41) is 2.69. The molecule has 0 saturated heterocycles. The van der Waals surface area contributed by atoms with E-state index in [2.05, 4.69) is 10.3 Å². The van der Waals surface area contributed by atoms with Gasteiger partial charge in [0, 0.05) is 23.7 Å². The fourth-order valence-corrected chi connectivity index (χ4v) is 2.70. The predicted octanol–water partition coefficient (Wildman–Crippen LogP) is 2.98. The molecule has 3 rings (SSSR count). The number of aromatic amines is 1. The maximum Gasteiger partial charge on any atom is 0.326 e. The molecule has 0 radical (unpaired) electrons. The number of carbonyl (C=O) groups is 1. The van der Waals surface area contributed by atoms with Crippen molar-refractivity contribution in [3.63, 3.8) is 0 Å². The van der Waals surface area contributed by atoms with Crippen molar-refractivity contribution in [1.29, 1.82) is 0 Å². The average molecular weight is 327 g/mol. The van der Waals surface area contributed by atoms with Crippen LogP contribution in [-0.4, -0.2) is 15.5 Å². The number of fused-ring (bicyclic) bond motifs is 1. The smallest absolute Gasteiger partial charge is 0.326 e. The summed E-state index contributed by atoms with van der Waals surface area (Å²) >= 11 is 0. The number of hydrogen-bond donors (Lipinski definition) is 2. The van der Waals surface area contributed by atoms with Crippen LogP contribution in [0.25, 0.3) is 11.0 Å². The lowest BCUT2D eigenvalue weighted by Gasteiger charge is -2.08. The molecule has 0 unspecified atom stereocenters. The number of amides is 1. The number of nitrogens with zero attached hydrogens (tertiary/aromatic N) is 1. The summed E-state index contributed by atoms with van der Waals surface area (Å²) < 4.78 is 15.2. The molecule has 0 bridgehead atoms. The van der Waals surface area contributed by atoms with E-state index in [1.165, 1.54) is 6.07 Å². The molecule has 0 saturated carbocycles. The third-order valence-corrected chi connectivity index (χ3v) is 3.89. The summed E-state index contributed by atoms with van der Waals surface area (Å²) in [5.41, 5.74) is 1.99. The molecule has 3 aromatic rings. The van der Waals surface area contributed by atoms with Crippen molar-refractivity contribution in [2.24, 2.45) is 0 Å². The Bertz CT molecular complexity index is 956. The van der Waals surface area contributed by atoms with Crippen LogP contribution >= 0.6 is 0 Å². The molecule has 0 aliphatic heterocycles. The number of aromatic nitrogens is 2. The van der Waals surface area contributed by atoms with Gasteiger partial charge in [0.15, 0.2) is 0 Å². The summed E-state index contributed by atoms with van der Waals surface area (Å²) in [6.07, 6.45) is 0. The van der Waals surface area contributed by atoms with Crippen LogP contribution in [-0.2, 0) is 6.54 Å². The number of nitrogens with one attached hydrogen (secondary N) is 2. The van der Waals surface area contributed by atoms with E-state index in [0.717, 1.165) is 5.52 Å². The van der Waals surface area contributed by atoms with Gasteiger partial charge in [0.25, 0.3) is 5.91 Å². The Morgan fingerprint density at radius 2 is 2.00 bits per heavy atom. The summed E-state index contributed by atoms with van der Waals surface area (Å²) in [6.45, 7) is 3.94. The Balaban J connectivity index is 1.83. The van der Waals surface area contributed by atoms with Crippen LogP contribution in [0.3, 0.4) is 0 Å². The molecule has 5 nitrogen and oxygen atoms in total. The topological polar surface area (TPSA) is 66.9 Å². The first kappa shape index (κ1) is 16.0. The van der Waals surface area contributed by atoms with E-state index in [1.807, 2.05) is 13.8 Å². The van der Waals surface area contributed by atoms with Crippen molar-refractivity contribution < 1.29 is 9.18 Å². The summed E-state index contributed by atoms with van der Waals surface area (Å²) in [5.74, 6) is -0.676. The van der Waals surface area contributed by atoms with Crippen LogP contribution < -0.4 is 11.0 Å². The molecule has 24 heavy (non-hydrogen) atoms. The van der Waals surface area contributed by atoms with E-state index < -0.39 is 0 Å². The Kier molecular flexibility index (Phi) is 4.20. The molecule has 1 amide bonds. The first-order valence-corrected chi connectivity index (χ1v) is 7.73. The Hall–Kier alpha value is -2.89. The number of benzene rings is 2. The normalized spacial score (nSPS) is 11.2. The number of halogens is 1. The number of rotatable bonds is 4. The van der Waals surface area contributed by atoms with Crippen molar-refractivity contribution in [3.8, 4) is 0 Å². The lowest BCUT2D eigenvalue weighted by atomic mass is 10.1. The Morgan fingerprint density at radius 3 is 2.71 bits per heavy atom. The molecular weight excluding hydrogens is 309 g/mol. The number of carbonyl (C=O) groups excluding carboxylic acids is 1. The zero-order valence-corrected chi connectivity index (χ0v) is 13.5. The average Bonchev–Trinajstić information content (AvgIpc) is 2.88. The highest BCUT2D eigenvalue weighted by molar-refractivity contribution is 5.97. The van der Waals surface area contributed by atoms with Crippen molar-refractivity contribution in [3.05, 3.63) is 69.9 Å². The van der Waals surface area contributed by atoms with Crippen LogP contribution in [0.2, 0.25) is 0 Å². The van der Waals surface area contributed by atoms with E-state index in [9.17, 15) is 14.0 Å². The van der Waals surface area contributed by atoms with Gasteiger partial charge in [-0.25, -0.2) is 9.18 Å². The number of imidazole rings is 1. The van der Waals surface area contributed by atoms with Gasteiger partial charge in [0.2, 0.25) is 0 Å². The lowest BCUT2D eigenvalue weighted by molar-refractivity contribution is 0.0950. The number of hydrogen-bond acceptors (Lipinski definition) is 2. The predicted molar refractivity (Wildman–Crippen MR) is 90.5 cm³/mol. The fraction of sp³-hybridized carbons (Fsp3) is 0.222. The molecule has 2 aromatic carbocycles. The summed E-state index contributed by atoms with van der Waals surface area (Å²) in [7, 11) is 0. The second-order valence-electron chi connectivity index (χ2n) is 5.90. The van der Waals surface area contributed by atoms with Gasteiger partial charge in [-0.05, 0) is 38.1 Å². The van der Waals surface area contributed by atoms with Gasteiger partial charge < -0.3 is 10.3 Å². The molecule has 0 atom stereocenters. The van der Waals surface area contributed by atoms with Crippen LogP contribution in [0, 0.1) is 5.82 Å². The molecule has 6 heteroatoms. The van der Waals surface area contributed by atoms with Crippen molar-refractivity contribution in [2.75, 3.05) is 0 Å². The molecular formula is C18H18FN3O2. The quantitative estimate of drug-likeness (QED) is 0.773. The standard InChI is InChI=1S/C18H18FN3O2/c1-11(2)22-16-8-7-12(9-15(16)21-18(22)24)17(23)20-10-13-5-3-4-6-14(13)19/h3-9,11H,10H2,1-2H3,(H,20,23)(H,21,24). The third kappa shape index (κ3) is 2.95. The minimum Gasteiger partial charge on any atom is -0.348 e. The largest absolute Gasteiger partial charge is 0.348 e. The van der Waals surface area contributed by atoms with Gasteiger partial charge in [-0.1, -0.05) is 18.2 Å². The van der Waals surface area contributed by atoms with Crippen LogP contribution in [0.1, 0.15) is 35.8 Å². The highest BCUT2D eigenvalue weighted by Crippen LogP contribution is 2.16. The molecule has 124 valence electrons. The fourth-order valence-electron chi connectivity index (χ4n) is 2.70. The molecule has 1 aromatic heterocycles. The monoisotopic (exact) mass is 327 g/mol. The van der Waals surface area contributed by atoms with Gasteiger partial charge in [-0.2, -0.15) is 0 Å². The lowest BCUT2D eigenvalue weighted by Crippen LogP contribution is -2.23. The second-order valence-corrected chi connectivity index (χ2v) is 5.90. The van der Waals surface area contributed by atoms with Crippen LogP contribution in [0.5, 0.6) is 0 Å². The van der Waals surface area contributed by atoms with Gasteiger partial charge in [-0.3, -0.25) is 9.36 Å². The van der Waals surface area contributed by atoms with Crippen molar-refractivity contribution >= 4 is 16.9 Å². The third-order valence-electron chi connectivity index (χ3n) is 3.89. The van der Waals surface area contributed by atoms with Crippen molar-refractivity contribution in [1.82, 2.24) is 14.9 Å². The Morgan fingerprint density at radius 1 is 1.25 bits per heavy atom. The van der Waals surface area contributed by atoms with E-state index >= 15 is 0 Å². The maximum atomic E-state index is 13.6. The molecule has 2 N–H and O–H groups in total.